The van der Waals surface area contributed by atoms with Crippen molar-refractivity contribution >= 4 is 35.6 Å². The standard InChI is InChI=1S/C19H29N7.HI/c1-4-18-24-23-14-25(18)12-10-21-19(20-3)22-13-15(2)26-11-9-16-7-5-6-8-17(16)26;/h5-8,14-15H,4,9-13H2,1-3H3,(H2,20,21,22);1H. The lowest BCUT2D eigenvalue weighted by Gasteiger charge is -2.28. The Morgan fingerprint density at radius 1 is 1.30 bits per heavy atom. The monoisotopic (exact) mass is 483 g/mol. The minimum Gasteiger partial charge on any atom is -0.366 e. The number of aromatic nitrogens is 3. The summed E-state index contributed by atoms with van der Waals surface area (Å²) in [6.07, 6.45) is 3.80. The topological polar surface area (TPSA) is 70.4 Å². The Balaban J connectivity index is 0.00000261. The number of para-hydroxylation sites is 1. The smallest absolute Gasteiger partial charge is 0.191 e. The minimum absolute atomic E-state index is 0. The van der Waals surface area contributed by atoms with Crippen molar-refractivity contribution in [2.45, 2.75) is 39.3 Å². The van der Waals surface area contributed by atoms with Gasteiger partial charge in [0.15, 0.2) is 5.96 Å². The quantitative estimate of drug-likeness (QED) is 0.359. The van der Waals surface area contributed by atoms with E-state index in [4.69, 9.17) is 0 Å². The summed E-state index contributed by atoms with van der Waals surface area (Å²) in [6, 6.07) is 9.09. The summed E-state index contributed by atoms with van der Waals surface area (Å²) in [5.41, 5.74) is 2.81. The van der Waals surface area contributed by atoms with Crippen LogP contribution in [0.15, 0.2) is 35.6 Å². The van der Waals surface area contributed by atoms with Gasteiger partial charge in [0.1, 0.15) is 12.2 Å². The summed E-state index contributed by atoms with van der Waals surface area (Å²) >= 11 is 0. The first-order valence-corrected chi connectivity index (χ1v) is 9.38. The molecule has 1 aromatic carbocycles. The van der Waals surface area contributed by atoms with Gasteiger partial charge in [-0.05, 0) is 25.0 Å². The van der Waals surface area contributed by atoms with Gasteiger partial charge in [-0.15, -0.1) is 34.2 Å². The van der Waals surface area contributed by atoms with Gasteiger partial charge in [-0.2, -0.15) is 0 Å². The fraction of sp³-hybridized carbons (Fsp3) is 0.526. The van der Waals surface area contributed by atoms with E-state index in [1.54, 1.807) is 13.4 Å². The SMILES string of the molecule is CCc1nncn1CCNC(=NC)NCC(C)N1CCc2ccccc21.I. The molecule has 7 nitrogen and oxygen atoms in total. The number of aliphatic imine (C=N–C) groups is 1. The molecule has 0 amide bonds. The zero-order chi connectivity index (χ0) is 18.4. The molecule has 0 fully saturated rings. The largest absolute Gasteiger partial charge is 0.366 e. The van der Waals surface area contributed by atoms with Crippen molar-refractivity contribution in [3.05, 3.63) is 42.0 Å². The van der Waals surface area contributed by atoms with Crippen molar-refractivity contribution < 1.29 is 0 Å². The van der Waals surface area contributed by atoms with E-state index in [2.05, 4.69) is 73.4 Å². The van der Waals surface area contributed by atoms with Gasteiger partial charge < -0.3 is 20.1 Å². The first-order valence-electron chi connectivity index (χ1n) is 9.38. The lowest BCUT2D eigenvalue weighted by atomic mass is 10.2. The average Bonchev–Trinajstić information content (AvgIpc) is 3.30. The normalized spacial score (nSPS) is 14.5. The van der Waals surface area contributed by atoms with Gasteiger partial charge in [0, 0.05) is 51.4 Å². The lowest BCUT2D eigenvalue weighted by molar-refractivity contribution is 0.609. The van der Waals surface area contributed by atoms with Gasteiger partial charge in [-0.25, -0.2) is 0 Å². The number of hydrogen-bond acceptors (Lipinski definition) is 4. The molecule has 2 aromatic rings. The van der Waals surface area contributed by atoms with Gasteiger partial charge in [-0.3, -0.25) is 4.99 Å². The summed E-state index contributed by atoms with van der Waals surface area (Å²) < 4.78 is 2.07. The van der Waals surface area contributed by atoms with Crippen LogP contribution in [0.25, 0.3) is 0 Å². The molecule has 1 aliphatic heterocycles. The molecule has 148 valence electrons. The van der Waals surface area contributed by atoms with E-state index in [1.807, 2.05) is 0 Å². The molecule has 0 aliphatic carbocycles. The van der Waals surface area contributed by atoms with E-state index in [9.17, 15) is 0 Å². The minimum atomic E-state index is 0. The zero-order valence-corrected chi connectivity index (χ0v) is 18.7. The number of anilines is 1. The van der Waals surface area contributed by atoms with Crippen LogP contribution in [0.3, 0.4) is 0 Å². The van der Waals surface area contributed by atoms with E-state index < -0.39 is 0 Å². The van der Waals surface area contributed by atoms with Crippen LogP contribution in [-0.2, 0) is 19.4 Å². The second-order valence-corrected chi connectivity index (χ2v) is 6.60. The van der Waals surface area contributed by atoms with Crippen LogP contribution in [0.4, 0.5) is 5.69 Å². The molecular formula is C19H30IN7. The highest BCUT2D eigenvalue weighted by Gasteiger charge is 2.22. The van der Waals surface area contributed by atoms with Crippen LogP contribution < -0.4 is 15.5 Å². The number of nitrogens with one attached hydrogen (secondary N) is 2. The van der Waals surface area contributed by atoms with Crippen LogP contribution in [0.1, 0.15) is 25.2 Å². The highest BCUT2D eigenvalue weighted by Crippen LogP contribution is 2.28. The Morgan fingerprint density at radius 2 is 2.11 bits per heavy atom. The van der Waals surface area contributed by atoms with Crippen molar-refractivity contribution in [3.63, 3.8) is 0 Å². The number of rotatable bonds is 7. The molecule has 1 atom stereocenters. The second kappa shape index (κ2) is 10.5. The predicted octanol–water partition coefficient (Wildman–Crippen LogP) is 2.07. The van der Waals surface area contributed by atoms with Crippen LogP contribution >= 0.6 is 24.0 Å². The van der Waals surface area contributed by atoms with Crippen molar-refractivity contribution in [3.8, 4) is 0 Å². The number of guanidine groups is 1. The van der Waals surface area contributed by atoms with Crippen LogP contribution in [0.2, 0.25) is 0 Å². The van der Waals surface area contributed by atoms with Gasteiger partial charge in [0.05, 0.1) is 0 Å². The molecule has 0 saturated heterocycles. The number of benzene rings is 1. The Bertz CT molecular complexity index is 743. The summed E-state index contributed by atoms with van der Waals surface area (Å²) in [5, 5.41) is 14.9. The molecule has 0 radical (unpaired) electrons. The average molecular weight is 483 g/mol. The molecule has 27 heavy (non-hydrogen) atoms. The molecule has 0 saturated carbocycles. The number of nitrogens with zero attached hydrogens (tertiary/aromatic N) is 5. The molecule has 1 unspecified atom stereocenters. The third-order valence-corrected chi connectivity index (χ3v) is 4.90. The maximum Gasteiger partial charge on any atom is 0.191 e. The fourth-order valence-corrected chi connectivity index (χ4v) is 3.43. The highest BCUT2D eigenvalue weighted by atomic mass is 127. The molecule has 0 spiro atoms. The first-order chi connectivity index (χ1) is 12.7. The zero-order valence-electron chi connectivity index (χ0n) is 16.4. The van der Waals surface area contributed by atoms with Crippen molar-refractivity contribution in [2.75, 3.05) is 31.6 Å². The Labute approximate surface area is 178 Å². The van der Waals surface area contributed by atoms with E-state index >= 15 is 0 Å². The van der Waals surface area contributed by atoms with Crippen LogP contribution in [0.5, 0.6) is 0 Å². The molecular weight excluding hydrogens is 453 g/mol. The van der Waals surface area contributed by atoms with E-state index in [-0.39, 0.29) is 24.0 Å². The van der Waals surface area contributed by atoms with Crippen molar-refractivity contribution in [2.24, 2.45) is 4.99 Å². The first kappa shape index (κ1) is 21.5. The molecule has 2 N–H and O–H groups in total. The summed E-state index contributed by atoms with van der Waals surface area (Å²) in [4.78, 5) is 6.80. The summed E-state index contributed by atoms with van der Waals surface area (Å²) in [5.74, 6) is 1.84. The van der Waals surface area contributed by atoms with Gasteiger partial charge in [0.2, 0.25) is 0 Å². The molecule has 8 heteroatoms. The van der Waals surface area contributed by atoms with Crippen LogP contribution in [-0.4, -0.2) is 53.4 Å². The number of halogens is 1. The molecule has 3 rings (SSSR count). The Hall–Kier alpha value is -1.84. The van der Waals surface area contributed by atoms with E-state index in [1.165, 1.54) is 11.3 Å². The maximum atomic E-state index is 4.33. The molecule has 0 bridgehead atoms. The lowest BCUT2D eigenvalue weighted by Crippen LogP contribution is -2.46. The number of hydrogen-bond donors (Lipinski definition) is 2. The Kier molecular flexibility index (Phi) is 8.33. The van der Waals surface area contributed by atoms with Gasteiger partial charge >= 0.3 is 0 Å². The van der Waals surface area contributed by atoms with E-state index in [0.717, 1.165) is 50.8 Å². The van der Waals surface area contributed by atoms with Crippen molar-refractivity contribution in [1.29, 1.82) is 0 Å². The predicted molar refractivity (Wildman–Crippen MR) is 121 cm³/mol. The molecule has 2 heterocycles. The van der Waals surface area contributed by atoms with E-state index in [0.29, 0.717) is 6.04 Å². The summed E-state index contributed by atoms with van der Waals surface area (Å²) in [7, 11) is 1.81. The number of fused-ring (bicyclic) bond motifs is 1. The fourth-order valence-electron chi connectivity index (χ4n) is 3.43. The molecule has 1 aliphatic rings. The van der Waals surface area contributed by atoms with Gasteiger partial charge in [0.25, 0.3) is 0 Å². The Morgan fingerprint density at radius 3 is 2.89 bits per heavy atom. The second-order valence-electron chi connectivity index (χ2n) is 6.60. The third kappa shape index (κ3) is 5.33. The number of aryl methyl sites for hydroxylation is 1. The maximum absolute atomic E-state index is 4.33. The summed E-state index contributed by atoms with van der Waals surface area (Å²) in [6.45, 7) is 7.89. The van der Waals surface area contributed by atoms with Crippen molar-refractivity contribution in [1.82, 2.24) is 25.4 Å². The highest BCUT2D eigenvalue weighted by molar-refractivity contribution is 14.0. The third-order valence-electron chi connectivity index (χ3n) is 4.90. The van der Waals surface area contributed by atoms with Gasteiger partial charge in [-0.1, -0.05) is 25.1 Å². The van der Waals surface area contributed by atoms with Crippen LogP contribution in [0, 0.1) is 0 Å². The molecule has 1 aromatic heterocycles.